The molecule has 0 radical (unpaired) electrons. The molecule has 9 N–H and O–H groups in total. The average molecular weight is 665 g/mol. The van der Waals surface area contributed by atoms with Crippen LogP contribution in [-0.4, -0.2) is 88.9 Å². The third-order valence-electron chi connectivity index (χ3n) is 8.70. The molecule has 12 nitrogen and oxygen atoms in total. The first-order chi connectivity index (χ1) is 23.0. The summed E-state index contributed by atoms with van der Waals surface area (Å²) in [5, 5.41) is 28.3. The van der Waals surface area contributed by atoms with Crippen LogP contribution in [0.1, 0.15) is 69.9 Å². The standard InChI is InChI=1S/C35H53BN6O6/c1-24(2)18-19-28(33(44)40-29(16-9-10-20-37)35(46)42-21-11-17-31(42)36(47)48)39-34(45)30(23-26-14-7-4-8-15-26)41-32(43)27(38)22-25-12-5-3-6-13-25/h3-8,12-15,24,27-31,47-48H,9-11,16-23,37-38H2,1-2H3,(H,39,45)(H,40,44)(H,41,43)/t27-,28-,29-,30-,31?/m1/s1. The summed E-state index contributed by atoms with van der Waals surface area (Å²) in [6.07, 6.45) is 3.98. The minimum atomic E-state index is -1.69. The zero-order valence-corrected chi connectivity index (χ0v) is 28.2. The number of amides is 4. The van der Waals surface area contributed by atoms with Crippen LogP contribution in [0.25, 0.3) is 0 Å². The topological polar surface area (TPSA) is 200 Å². The average Bonchev–Trinajstić information content (AvgIpc) is 3.57. The van der Waals surface area contributed by atoms with Gasteiger partial charge in [-0.15, -0.1) is 0 Å². The van der Waals surface area contributed by atoms with Crippen molar-refractivity contribution in [3.05, 3.63) is 71.8 Å². The van der Waals surface area contributed by atoms with Gasteiger partial charge >= 0.3 is 7.12 Å². The molecule has 48 heavy (non-hydrogen) atoms. The van der Waals surface area contributed by atoms with Crippen LogP contribution >= 0.6 is 0 Å². The fraction of sp³-hybridized carbons (Fsp3) is 0.543. The van der Waals surface area contributed by atoms with Gasteiger partial charge in [0.2, 0.25) is 23.6 Å². The number of nitrogens with one attached hydrogen (secondary N) is 3. The Balaban J connectivity index is 1.80. The Hall–Kier alpha value is -3.78. The van der Waals surface area contributed by atoms with E-state index in [0.717, 1.165) is 11.1 Å². The Morgan fingerprint density at radius 2 is 1.35 bits per heavy atom. The summed E-state index contributed by atoms with van der Waals surface area (Å²) in [6, 6.07) is 14.8. The third-order valence-corrected chi connectivity index (χ3v) is 8.70. The maximum absolute atomic E-state index is 13.9. The normalized spacial score (nSPS) is 16.9. The number of rotatable bonds is 19. The van der Waals surface area contributed by atoms with Crippen molar-refractivity contribution in [3.63, 3.8) is 0 Å². The first-order valence-electron chi connectivity index (χ1n) is 17.1. The van der Waals surface area contributed by atoms with Crippen LogP contribution in [0.5, 0.6) is 0 Å². The molecule has 0 aromatic heterocycles. The van der Waals surface area contributed by atoms with E-state index in [4.69, 9.17) is 11.5 Å². The van der Waals surface area contributed by atoms with Crippen molar-refractivity contribution in [3.8, 4) is 0 Å². The lowest BCUT2D eigenvalue weighted by Crippen LogP contribution is -2.59. The van der Waals surface area contributed by atoms with E-state index in [0.29, 0.717) is 58.0 Å². The van der Waals surface area contributed by atoms with Crippen molar-refractivity contribution in [1.82, 2.24) is 20.9 Å². The molecular formula is C35H53BN6O6. The van der Waals surface area contributed by atoms with Crippen molar-refractivity contribution >= 4 is 30.7 Å². The number of nitrogens with zero attached hydrogens (tertiary/aromatic N) is 1. The van der Waals surface area contributed by atoms with Crippen LogP contribution in [0, 0.1) is 5.92 Å². The fourth-order valence-electron chi connectivity index (χ4n) is 5.94. The molecule has 1 fully saturated rings. The van der Waals surface area contributed by atoms with Crippen LogP contribution in [0.4, 0.5) is 0 Å². The summed E-state index contributed by atoms with van der Waals surface area (Å²) in [7, 11) is -1.69. The lowest BCUT2D eigenvalue weighted by Gasteiger charge is -2.30. The number of carbonyl (C=O) groups is 4. The second-order valence-electron chi connectivity index (χ2n) is 13.1. The molecule has 1 saturated heterocycles. The maximum atomic E-state index is 13.9. The Labute approximate surface area is 284 Å². The number of hydrogen-bond acceptors (Lipinski definition) is 8. The van der Waals surface area contributed by atoms with Gasteiger partial charge in [-0.05, 0) is 75.0 Å². The molecule has 2 aromatic carbocycles. The minimum Gasteiger partial charge on any atom is -0.426 e. The van der Waals surface area contributed by atoms with Gasteiger partial charge < -0.3 is 42.4 Å². The van der Waals surface area contributed by atoms with Crippen molar-refractivity contribution in [2.45, 2.75) is 102 Å². The highest BCUT2D eigenvalue weighted by Gasteiger charge is 2.40. The van der Waals surface area contributed by atoms with E-state index in [1.54, 1.807) is 0 Å². The predicted octanol–water partition coefficient (Wildman–Crippen LogP) is 0.822. The Bertz CT molecular complexity index is 1300. The van der Waals surface area contributed by atoms with Crippen molar-refractivity contribution < 1.29 is 29.2 Å². The molecule has 0 bridgehead atoms. The molecule has 3 rings (SSSR count). The van der Waals surface area contributed by atoms with E-state index in [1.807, 2.05) is 74.5 Å². The molecule has 1 unspecified atom stereocenters. The molecule has 0 aliphatic carbocycles. The van der Waals surface area contributed by atoms with Crippen LogP contribution < -0.4 is 27.4 Å². The highest BCUT2D eigenvalue weighted by molar-refractivity contribution is 6.43. The first kappa shape index (κ1) is 38.7. The van der Waals surface area contributed by atoms with Crippen molar-refractivity contribution in [1.29, 1.82) is 0 Å². The second-order valence-corrected chi connectivity index (χ2v) is 13.1. The molecule has 2 aromatic rings. The van der Waals surface area contributed by atoms with Crippen LogP contribution in [-0.2, 0) is 32.0 Å². The van der Waals surface area contributed by atoms with Crippen LogP contribution in [0.15, 0.2) is 60.7 Å². The van der Waals surface area contributed by atoms with E-state index in [1.165, 1.54) is 4.90 Å². The zero-order chi connectivity index (χ0) is 35.1. The lowest BCUT2D eigenvalue weighted by molar-refractivity contribution is -0.138. The van der Waals surface area contributed by atoms with Gasteiger partial charge in [0.15, 0.2) is 0 Å². The van der Waals surface area contributed by atoms with Crippen LogP contribution in [0.2, 0.25) is 0 Å². The molecule has 4 amide bonds. The SMILES string of the molecule is CC(C)CC[C@@H](NC(=O)[C@@H](Cc1ccccc1)NC(=O)[C@H](N)Cc1ccccc1)C(=O)N[C@H](CCCCN)C(=O)N1CCCC1B(O)O. The molecule has 5 atom stereocenters. The monoisotopic (exact) mass is 664 g/mol. The number of carbonyl (C=O) groups excluding carboxylic acids is 4. The summed E-state index contributed by atoms with van der Waals surface area (Å²) in [4.78, 5) is 56.1. The summed E-state index contributed by atoms with van der Waals surface area (Å²) < 4.78 is 0. The number of benzene rings is 2. The zero-order valence-electron chi connectivity index (χ0n) is 28.2. The highest BCUT2D eigenvalue weighted by Crippen LogP contribution is 2.21. The number of nitrogens with two attached hydrogens (primary N) is 2. The molecule has 1 aliphatic heterocycles. The van der Waals surface area contributed by atoms with Crippen molar-refractivity contribution in [2.75, 3.05) is 13.1 Å². The maximum Gasteiger partial charge on any atom is 0.475 e. The molecule has 0 saturated carbocycles. The van der Waals surface area contributed by atoms with E-state index in [9.17, 15) is 29.2 Å². The van der Waals surface area contributed by atoms with E-state index in [-0.39, 0.29) is 18.8 Å². The Morgan fingerprint density at radius 3 is 1.94 bits per heavy atom. The van der Waals surface area contributed by atoms with Gasteiger partial charge in [0.25, 0.3) is 0 Å². The number of hydrogen-bond donors (Lipinski definition) is 7. The molecule has 0 spiro atoms. The fourth-order valence-corrected chi connectivity index (χ4v) is 5.94. The van der Waals surface area contributed by atoms with Gasteiger partial charge in [0.1, 0.15) is 18.1 Å². The Morgan fingerprint density at radius 1 is 0.792 bits per heavy atom. The van der Waals surface area contributed by atoms with E-state index < -0.39 is 60.9 Å². The summed E-state index contributed by atoms with van der Waals surface area (Å²) in [5.74, 6) is -2.48. The predicted molar refractivity (Wildman–Crippen MR) is 186 cm³/mol. The summed E-state index contributed by atoms with van der Waals surface area (Å²) in [5.41, 5.74) is 13.6. The molecule has 262 valence electrons. The van der Waals surface area contributed by atoms with Crippen molar-refractivity contribution in [2.24, 2.45) is 17.4 Å². The minimum absolute atomic E-state index is 0.176. The number of likely N-dealkylation sites (tertiary alicyclic amines) is 1. The van der Waals surface area contributed by atoms with E-state index >= 15 is 0 Å². The molecular weight excluding hydrogens is 611 g/mol. The van der Waals surface area contributed by atoms with Gasteiger partial charge in [0.05, 0.1) is 12.0 Å². The van der Waals surface area contributed by atoms with Gasteiger partial charge in [-0.25, -0.2) is 0 Å². The highest BCUT2D eigenvalue weighted by atomic mass is 16.4. The molecule has 1 aliphatic rings. The Kier molecular flexibility index (Phi) is 16.0. The molecule has 13 heteroatoms. The quantitative estimate of drug-likeness (QED) is 0.0846. The lowest BCUT2D eigenvalue weighted by atomic mass is 9.77. The smallest absolute Gasteiger partial charge is 0.426 e. The summed E-state index contributed by atoms with van der Waals surface area (Å²) in [6.45, 7) is 4.80. The van der Waals surface area contributed by atoms with E-state index in [2.05, 4.69) is 16.0 Å². The largest absolute Gasteiger partial charge is 0.475 e. The van der Waals surface area contributed by atoms with Gasteiger partial charge in [0, 0.05) is 13.0 Å². The van der Waals surface area contributed by atoms with Gasteiger partial charge in [-0.2, -0.15) is 0 Å². The van der Waals surface area contributed by atoms with Gasteiger partial charge in [-0.3, -0.25) is 19.2 Å². The second kappa shape index (κ2) is 19.9. The third kappa shape index (κ3) is 12.4. The van der Waals surface area contributed by atoms with Crippen LogP contribution in [0.3, 0.4) is 0 Å². The van der Waals surface area contributed by atoms with Gasteiger partial charge in [-0.1, -0.05) is 74.5 Å². The first-order valence-corrected chi connectivity index (χ1v) is 17.1. The molecule has 1 heterocycles. The summed E-state index contributed by atoms with van der Waals surface area (Å²) >= 11 is 0. The number of unbranched alkanes of at least 4 members (excludes halogenated alkanes) is 1.